The Morgan fingerprint density at radius 2 is 1.31 bits per heavy atom. The minimum absolute atomic E-state index is 0.0177. The van der Waals surface area contributed by atoms with E-state index in [4.69, 9.17) is 14.2 Å². The molecule has 7 rings (SSSR count). The summed E-state index contributed by atoms with van der Waals surface area (Å²) in [5.41, 5.74) is 0.722. The first-order valence-electron chi connectivity index (χ1n) is 12.9. The average molecular weight is 577 g/mol. The van der Waals surface area contributed by atoms with Gasteiger partial charge in [-0.2, -0.15) is 0 Å². The molecule has 9 N–H and O–H groups in total. The first-order chi connectivity index (χ1) is 20.0. The fourth-order valence-corrected chi connectivity index (χ4v) is 6.08. The van der Waals surface area contributed by atoms with Crippen LogP contribution in [-0.4, -0.2) is 58.2 Å². The highest BCUT2D eigenvalue weighted by Crippen LogP contribution is 2.61. The fraction of sp³-hybridized carbons (Fsp3) is 0.200. The molecule has 0 spiro atoms. The zero-order chi connectivity index (χ0) is 29.7. The van der Waals surface area contributed by atoms with Crippen LogP contribution in [0.2, 0.25) is 0 Å². The van der Waals surface area contributed by atoms with E-state index < -0.39 is 53.0 Å². The lowest BCUT2D eigenvalue weighted by Crippen LogP contribution is -2.57. The van der Waals surface area contributed by atoms with Crippen molar-refractivity contribution in [2.24, 2.45) is 0 Å². The van der Waals surface area contributed by atoms with E-state index in [-0.39, 0.29) is 63.2 Å². The van der Waals surface area contributed by atoms with E-state index >= 15 is 0 Å². The highest BCUT2D eigenvalue weighted by molar-refractivity contribution is 5.67. The number of phenols is 7. The molecule has 4 aromatic rings. The number of hydrogen-bond acceptors (Lipinski definition) is 12. The SMILES string of the molecule is Oc1cc(O)c2c(c1)OC1(c3ccc(O)c(O)c3)Oc3cc4c(c(O)c3C2C1O)CC(O)C(c1ccc(O)c(O)c1)O4. The smallest absolute Gasteiger partial charge is 0.305 e. The molecule has 0 aromatic heterocycles. The second-order valence-electron chi connectivity index (χ2n) is 10.5. The second-order valence-corrected chi connectivity index (χ2v) is 10.5. The molecule has 216 valence electrons. The third-order valence-corrected chi connectivity index (χ3v) is 8.04. The minimum Gasteiger partial charge on any atom is -0.508 e. The molecule has 0 saturated carbocycles. The Kier molecular flexibility index (Phi) is 5.30. The zero-order valence-corrected chi connectivity index (χ0v) is 21.5. The minimum atomic E-state index is -2.09. The normalized spacial score (nSPS) is 25.2. The molecule has 5 atom stereocenters. The number of aliphatic hydroxyl groups is 2. The average Bonchev–Trinajstić information content (AvgIpc) is 2.92. The molecule has 0 saturated heterocycles. The summed E-state index contributed by atoms with van der Waals surface area (Å²) in [6.45, 7) is 0. The number of ether oxygens (including phenoxy) is 3. The summed E-state index contributed by atoms with van der Waals surface area (Å²) in [4.78, 5) is 0. The molecule has 42 heavy (non-hydrogen) atoms. The van der Waals surface area contributed by atoms with E-state index in [1.807, 2.05) is 0 Å². The highest BCUT2D eigenvalue weighted by Gasteiger charge is 2.59. The van der Waals surface area contributed by atoms with Gasteiger partial charge in [0.15, 0.2) is 23.0 Å². The van der Waals surface area contributed by atoms with E-state index in [0.29, 0.717) is 5.56 Å². The molecule has 5 unspecified atom stereocenters. The van der Waals surface area contributed by atoms with E-state index in [2.05, 4.69) is 0 Å². The van der Waals surface area contributed by atoms with Gasteiger partial charge in [0.05, 0.1) is 12.0 Å². The maximum atomic E-state index is 11.8. The lowest BCUT2D eigenvalue weighted by Gasteiger charge is -2.50. The van der Waals surface area contributed by atoms with Crippen LogP contribution in [0.4, 0.5) is 0 Å². The Bertz CT molecular complexity index is 1790. The predicted molar refractivity (Wildman–Crippen MR) is 141 cm³/mol. The molecule has 0 amide bonds. The number of aliphatic hydroxyl groups excluding tert-OH is 2. The van der Waals surface area contributed by atoms with Crippen LogP contribution in [0.25, 0.3) is 0 Å². The second kappa shape index (κ2) is 8.65. The van der Waals surface area contributed by atoms with Gasteiger partial charge in [0.2, 0.25) is 0 Å². The Hall–Kier alpha value is -5.20. The van der Waals surface area contributed by atoms with Crippen molar-refractivity contribution in [3.05, 3.63) is 82.4 Å². The third-order valence-electron chi connectivity index (χ3n) is 8.04. The van der Waals surface area contributed by atoms with Crippen LogP contribution in [-0.2, 0) is 12.2 Å². The molecular formula is C30H24O12. The van der Waals surface area contributed by atoms with Gasteiger partial charge >= 0.3 is 5.79 Å². The number of hydrogen-bond donors (Lipinski definition) is 9. The van der Waals surface area contributed by atoms with Gasteiger partial charge in [0, 0.05) is 46.9 Å². The number of phenolic OH excluding ortho intramolecular Hbond substituents is 7. The van der Waals surface area contributed by atoms with E-state index in [9.17, 15) is 46.0 Å². The summed E-state index contributed by atoms with van der Waals surface area (Å²) in [5.74, 6) is -6.12. The molecule has 0 fully saturated rings. The summed E-state index contributed by atoms with van der Waals surface area (Å²) in [6, 6.07) is 11.3. The van der Waals surface area contributed by atoms with Crippen molar-refractivity contribution >= 4 is 0 Å². The summed E-state index contributed by atoms with van der Waals surface area (Å²) >= 11 is 0. The summed E-state index contributed by atoms with van der Waals surface area (Å²) in [7, 11) is 0. The molecule has 3 heterocycles. The maximum Gasteiger partial charge on any atom is 0.305 e. The van der Waals surface area contributed by atoms with Gasteiger partial charge in [0.1, 0.15) is 46.7 Å². The number of fused-ring (bicyclic) bond motifs is 7. The molecule has 3 aliphatic heterocycles. The van der Waals surface area contributed by atoms with Crippen molar-refractivity contribution in [2.45, 2.75) is 36.4 Å². The first kappa shape index (κ1) is 25.7. The highest BCUT2D eigenvalue weighted by atomic mass is 16.7. The lowest BCUT2D eigenvalue weighted by molar-refractivity contribution is -0.218. The lowest BCUT2D eigenvalue weighted by atomic mass is 9.74. The van der Waals surface area contributed by atoms with Crippen molar-refractivity contribution in [3.8, 4) is 57.5 Å². The van der Waals surface area contributed by atoms with Gasteiger partial charge in [-0.05, 0) is 35.9 Å². The van der Waals surface area contributed by atoms with Crippen LogP contribution in [0.1, 0.15) is 39.8 Å². The quantitative estimate of drug-likeness (QED) is 0.158. The van der Waals surface area contributed by atoms with Gasteiger partial charge in [0.25, 0.3) is 0 Å². The topological polar surface area (TPSA) is 210 Å². The molecule has 3 aliphatic rings. The van der Waals surface area contributed by atoms with Crippen molar-refractivity contribution in [1.29, 1.82) is 0 Å². The maximum absolute atomic E-state index is 11.8. The summed E-state index contributed by atoms with van der Waals surface area (Å²) in [5, 5.41) is 95.1. The van der Waals surface area contributed by atoms with Crippen molar-refractivity contribution in [3.63, 3.8) is 0 Å². The number of rotatable bonds is 2. The largest absolute Gasteiger partial charge is 0.508 e. The van der Waals surface area contributed by atoms with E-state index in [1.165, 1.54) is 42.5 Å². The Labute approximate surface area is 236 Å². The Morgan fingerprint density at radius 1 is 0.643 bits per heavy atom. The van der Waals surface area contributed by atoms with Gasteiger partial charge < -0.3 is 60.2 Å². The van der Waals surface area contributed by atoms with E-state index in [0.717, 1.165) is 12.1 Å². The van der Waals surface area contributed by atoms with Crippen molar-refractivity contribution in [2.75, 3.05) is 0 Å². The van der Waals surface area contributed by atoms with Crippen LogP contribution < -0.4 is 14.2 Å². The van der Waals surface area contributed by atoms with Gasteiger partial charge in [-0.25, -0.2) is 0 Å². The molecule has 2 bridgehead atoms. The standard InChI is InChI=1S/C30H24O12/c31-13-7-19(36)24-22(8-13)41-30(12-2-4-16(33)18(35)6-12)29(39)26(24)25-23(42-30)10-21-14(27(25)38)9-20(37)28(40-21)11-1-3-15(32)17(34)5-11/h1-8,10,20,26,28-29,31-39H,9H2. The van der Waals surface area contributed by atoms with Crippen molar-refractivity contribution in [1.82, 2.24) is 0 Å². The first-order valence-corrected chi connectivity index (χ1v) is 12.9. The van der Waals surface area contributed by atoms with Gasteiger partial charge in [-0.15, -0.1) is 0 Å². The van der Waals surface area contributed by atoms with Crippen LogP contribution in [0, 0.1) is 0 Å². The van der Waals surface area contributed by atoms with Crippen LogP contribution in [0.15, 0.2) is 54.6 Å². The molecule has 12 nitrogen and oxygen atoms in total. The fourth-order valence-electron chi connectivity index (χ4n) is 6.08. The number of benzene rings is 4. The molecular weight excluding hydrogens is 552 g/mol. The van der Waals surface area contributed by atoms with Gasteiger partial charge in [-0.1, -0.05) is 6.07 Å². The third kappa shape index (κ3) is 3.49. The van der Waals surface area contributed by atoms with Crippen LogP contribution in [0.3, 0.4) is 0 Å². The van der Waals surface area contributed by atoms with Crippen LogP contribution >= 0.6 is 0 Å². The summed E-state index contributed by atoms with van der Waals surface area (Å²) in [6.07, 6.45) is -3.93. The predicted octanol–water partition coefficient (Wildman–Crippen LogP) is 2.79. The molecule has 4 aromatic carbocycles. The Morgan fingerprint density at radius 3 is 2.00 bits per heavy atom. The van der Waals surface area contributed by atoms with E-state index in [1.54, 1.807) is 0 Å². The Balaban J connectivity index is 1.43. The molecule has 0 radical (unpaired) electrons. The monoisotopic (exact) mass is 576 g/mol. The molecule has 0 aliphatic carbocycles. The summed E-state index contributed by atoms with van der Waals surface area (Å²) < 4.78 is 18.4. The van der Waals surface area contributed by atoms with Crippen LogP contribution in [0.5, 0.6) is 57.5 Å². The van der Waals surface area contributed by atoms with Crippen molar-refractivity contribution < 1.29 is 60.2 Å². The zero-order valence-electron chi connectivity index (χ0n) is 21.5. The molecule has 12 heteroatoms. The van der Waals surface area contributed by atoms with Gasteiger partial charge in [-0.3, -0.25) is 0 Å². The number of aromatic hydroxyl groups is 7.